The minimum atomic E-state index is -0.861. The molecule has 2 aromatic rings. The molecule has 1 amide bonds. The molecule has 0 radical (unpaired) electrons. The van der Waals surface area contributed by atoms with Gasteiger partial charge < -0.3 is 24.6 Å². The highest BCUT2D eigenvalue weighted by Gasteiger charge is 2.30. The first-order chi connectivity index (χ1) is 9.16. The van der Waals surface area contributed by atoms with Gasteiger partial charge in [0.25, 0.3) is 5.91 Å². The van der Waals surface area contributed by atoms with Crippen LogP contribution < -0.4 is 5.32 Å². The van der Waals surface area contributed by atoms with E-state index >= 15 is 0 Å². The number of H-pyrrole nitrogens is 1. The van der Waals surface area contributed by atoms with Crippen molar-refractivity contribution in [3.8, 4) is 0 Å². The van der Waals surface area contributed by atoms with Gasteiger partial charge in [-0.3, -0.25) is 4.79 Å². The van der Waals surface area contributed by atoms with E-state index in [1.165, 1.54) is 0 Å². The van der Waals surface area contributed by atoms with Crippen molar-refractivity contribution < 1.29 is 19.1 Å². The van der Waals surface area contributed by atoms with Crippen LogP contribution in [0.3, 0.4) is 0 Å². The van der Waals surface area contributed by atoms with E-state index in [-0.39, 0.29) is 12.5 Å². The predicted molar refractivity (Wildman–Crippen MR) is 67.9 cm³/mol. The maximum Gasteiger partial charge on any atom is 0.267 e. The first-order valence-corrected chi connectivity index (χ1v) is 6.31. The van der Waals surface area contributed by atoms with Gasteiger partial charge in [0, 0.05) is 44.7 Å². The van der Waals surface area contributed by atoms with Crippen LogP contribution in [0.5, 0.6) is 0 Å². The summed E-state index contributed by atoms with van der Waals surface area (Å²) in [4.78, 5) is 14.9. The molecule has 0 atom stereocenters. The average molecular weight is 264 g/mol. The van der Waals surface area contributed by atoms with Gasteiger partial charge in [-0.25, -0.2) is 0 Å². The predicted octanol–water partition coefficient (Wildman–Crippen LogP) is 1.03. The molecule has 3 rings (SSSR count). The van der Waals surface area contributed by atoms with Crippen molar-refractivity contribution >= 4 is 17.0 Å². The largest absolute Gasteiger partial charge is 0.463 e. The van der Waals surface area contributed by atoms with E-state index in [0.717, 1.165) is 5.52 Å². The summed E-state index contributed by atoms with van der Waals surface area (Å²) in [7, 11) is 0. The molecule has 0 spiro atoms. The van der Waals surface area contributed by atoms with Crippen LogP contribution >= 0.6 is 0 Å². The SMILES string of the molecule is O=C(NCC1(O)CCOCC1)c1cc2occc2[nH]1. The number of carbonyl (C=O) groups is 1. The summed E-state index contributed by atoms with van der Waals surface area (Å²) < 4.78 is 10.4. The van der Waals surface area contributed by atoms with E-state index in [1.54, 1.807) is 18.4 Å². The average Bonchev–Trinajstić information content (AvgIpc) is 2.97. The van der Waals surface area contributed by atoms with Gasteiger partial charge >= 0.3 is 0 Å². The third-order valence-electron chi connectivity index (χ3n) is 3.49. The third kappa shape index (κ3) is 2.50. The van der Waals surface area contributed by atoms with Crippen molar-refractivity contribution in [2.75, 3.05) is 19.8 Å². The van der Waals surface area contributed by atoms with Crippen molar-refractivity contribution in [2.45, 2.75) is 18.4 Å². The summed E-state index contributed by atoms with van der Waals surface area (Å²) in [5.74, 6) is -0.244. The summed E-state index contributed by atoms with van der Waals surface area (Å²) in [6.45, 7) is 1.29. The van der Waals surface area contributed by atoms with Gasteiger partial charge in [-0.05, 0) is 0 Å². The molecular formula is C13H16N2O4. The van der Waals surface area contributed by atoms with Crippen LogP contribution in [0.2, 0.25) is 0 Å². The van der Waals surface area contributed by atoms with Gasteiger partial charge in [0.05, 0.1) is 17.4 Å². The van der Waals surface area contributed by atoms with Crippen LogP contribution in [0.1, 0.15) is 23.3 Å². The Labute approximate surface area is 109 Å². The Balaban J connectivity index is 1.63. The molecule has 1 aliphatic heterocycles. The molecule has 3 heterocycles. The van der Waals surface area contributed by atoms with Crippen molar-refractivity contribution in [3.05, 3.63) is 24.1 Å². The molecule has 6 nitrogen and oxygen atoms in total. The fourth-order valence-corrected chi connectivity index (χ4v) is 2.24. The van der Waals surface area contributed by atoms with Gasteiger partial charge in [-0.1, -0.05) is 0 Å². The maximum atomic E-state index is 12.0. The Hall–Kier alpha value is -1.79. The van der Waals surface area contributed by atoms with E-state index < -0.39 is 5.60 Å². The number of carbonyl (C=O) groups excluding carboxylic acids is 1. The minimum absolute atomic E-state index is 0.232. The second-order valence-electron chi connectivity index (χ2n) is 4.90. The maximum absolute atomic E-state index is 12.0. The number of aliphatic hydroxyl groups is 1. The highest BCUT2D eigenvalue weighted by atomic mass is 16.5. The number of furan rings is 1. The number of rotatable bonds is 3. The zero-order valence-electron chi connectivity index (χ0n) is 10.4. The number of aromatic nitrogens is 1. The van der Waals surface area contributed by atoms with Crippen LogP contribution in [0.15, 0.2) is 22.8 Å². The summed E-state index contributed by atoms with van der Waals surface area (Å²) in [5.41, 5.74) is 1.01. The molecule has 0 saturated carbocycles. The molecule has 102 valence electrons. The Morgan fingerprint density at radius 3 is 3.00 bits per heavy atom. The topological polar surface area (TPSA) is 87.5 Å². The van der Waals surface area contributed by atoms with E-state index in [2.05, 4.69) is 10.3 Å². The van der Waals surface area contributed by atoms with Gasteiger partial charge in [0.15, 0.2) is 5.58 Å². The minimum Gasteiger partial charge on any atom is -0.463 e. The van der Waals surface area contributed by atoms with Crippen molar-refractivity contribution in [1.82, 2.24) is 10.3 Å². The number of hydrogen-bond donors (Lipinski definition) is 3. The van der Waals surface area contributed by atoms with Crippen LogP contribution in [0, 0.1) is 0 Å². The fourth-order valence-electron chi connectivity index (χ4n) is 2.24. The lowest BCUT2D eigenvalue weighted by atomic mass is 9.94. The van der Waals surface area contributed by atoms with Crippen molar-refractivity contribution in [2.24, 2.45) is 0 Å². The van der Waals surface area contributed by atoms with Gasteiger partial charge in [-0.2, -0.15) is 0 Å². The number of amides is 1. The molecule has 3 N–H and O–H groups in total. The first kappa shape index (κ1) is 12.3. The van der Waals surface area contributed by atoms with Crippen molar-refractivity contribution in [3.63, 3.8) is 0 Å². The molecule has 6 heteroatoms. The van der Waals surface area contributed by atoms with E-state index in [9.17, 15) is 9.90 Å². The van der Waals surface area contributed by atoms with Crippen LogP contribution in [-0.4, -0.2) is 41.4 Å². The summed E-state index contributed by atoms with van der Waals surface area (Å²) in [6, 6.07) is 3.41. The molecule has 2 aromatic heterocycles. The number of ether oxygens (including phenoxy) is 1. The Kier molecular flexibility index (Phi) is 3.04. The highest BCUT2D eigenvalue weighted by Crippen LogP contribution is 2.20. The van der Waals surface area contributed by atoms with Crippen LogP contribution in [-0.2, 0) is 4.74 Å². The fraction of sp³-hybridized carbons (Fsp3) is 0.462. The normalized spacial score (nSPS) is 18.6. The lowest BCUT2D eigenvalue weighted by molar-refractivity contribution is -0.0605. The Morgan fingerprint density at radius 2 is 2.26 bits per heavy atom. The molecule has 19 heavy (non-hydrogen) atoms. The molecule has 1 fully saturated rings. The van der Waals surface area contributed by atoms with Crippen LogP contribution in [0.25, 0.3) is 11.1 Å². The number of fused-ring (bicyclic) bond motifs is 1. The zero-order valence-corrected chi connectivity index (χ0v) is 10.4. The second kappa shape index (κ2) is 4.71. The first-order valence-electron chi connectivity index (χ1n) is 6.31. The number of nitrogens with one attached hydrogen (secondary N) is 2. The van der Waals surface area contributed by atoms with Gasteiger partial charge in [0.2, 0.25) is 0 Å². The molecule has 1 saturated heterocycles. The van der Waals surface area contributed by atoms with Crippen LogP contribution in [0.4, 0.5) is 0 Å². The molecule has 1 aliphatic rings. The smallest absolute Gasteiger partial charge is 0.267 e. The molecule has 0 unspecified atom stereocenters. The number of aromatic amines is 1. The van der Waals surface area contributed by atoms with E-state index in [4.69, 9.17) is 9.15 Å². The zero-order chi connectivity index (χ0) is 13.3. The molecule has 0 bridgehead atoms. The molecule has 0 aromatic carbocycles. The monoisotopic (exact) mass is 264 g/mol. The number of hydrogen-bond acceptors (Lipinski definition) is 4. The molecular weight excluding hydrogens is 248 g/mol. The summed E-state index contributed by atoms with van der Waals surface area (Å²) >= 11 is 0. The summed E-state index contributed by atoms with van der Waals surface area (Å²) in [5, 5.41) is 13.0. The Morgan fingerprint density at radius 1 is 1.47 bits per heavy atom. The lowest BCUT2D eigenvalue weighted by Gasteiger charge is -2.31. The Bertz CT molecular complexity index is 552. The molecule has 0 aliphatic carbocycles. The van der Waals surface area contributed by atoms with Gasteiger partial charge in [-0.15, -0.1) is 0 Å². The van der Waals surface area contributed by atoms with Gasteiger partial charge in [0.1, 0.15) is 5.69 Å². The standard InChI is InChI=1S/C13H16N2O4/c16-12(10-7-11-9(15-10)1-4-19-11)14-8-13(17)2-5-18-6-3-13/h1,4,7,15,17H,2-3,5-6,8H2,(H,14,16). The van der Waals surface area contributed by atoms with Crippen molar-refractivity contribution in [1.29, 1.82) is 0 Å². The quantitative estimate of drug-likeness (QED) is 0.772. The van der Waals surface area contributed by atoms with E-state index in [0.29, 0.717) is 37.3 Å². The highest BCUT2D eigenvalue weighted by molar-refractivity contribution is 5.96. The summed E-state index contributed by atoms with van der Waals surface area (Å²) in [6.07, 6.45) is 2.65. The third-order valence-corrected chi connectivity index (χ3v) is 3.49. The second-order valence-corrected chi connectivity index (χ2v) is 4.90. The van der Waals surface area contributed by atoms with E-state index in [1.807, 2.05) is 0 Å². The lowest BCUT2D eigenvalue weighted by Crippen LogP contribution is -2.46.